The van der Waals surface area contributed by atoms with Crippen molar-refractivity contribution in [3.05, 3.63) is 38.9 Å². The van der Waals surface area contributed by atoms with Gasteiger partial charge in [0.25, 0.3) is 5.56 Å². The highest BCUT2D eigenvalue weighted by Gasteiger charge is 2.09. The Morgan fingerprint density at radius 2 is 2.07 bits per heavy atom. The van der Waals surface area contributed by atoms with Gasteiger partial charge in [0.05, 0.1) is 11.3 Å². The predicted molar refractivity (Wildman–Crippen MR) is 54.6 cm³/mol. The Morgan fingerprint density at radius 1 is 1.33 bits per heavy atom. The highest BCUT2D eigenvalue weighted by atomic mass is 16.2. The number of aryl methyl sites for hydroxylation is 2. The van der Waals surface area contributed by atoms with Gasteiger partial charge < -0.3 is 4.98 Å². The van der Waals surface area contributed by atoms with Crippen LogP contribution in [-0.4, -0.2) is 19.7 Å². The van der Waals surface area contributed by atoms with Crippen molar-refractivity contribution >= 4 is 0 Å². The maximum absolute atomic E-state index is 11.5. The minimum Gasteiger partial charge on any atom is -0.313 e. The summed E-state index contributed by atoms with van der Waals surface area (Å²) in [4.78, 5) is 26.9. The molecular weight excluding hydrogens is 196 g/mol. The number of aromatic nitrogens is 4. The van der Waals surface area contributed by atoms with Gasteiger partial charge in [0.1, 0.15) is 0 Å². The third-order valence-electron chi connectivity index (χ3n) is 2.12. The van der Waals surface area contributed by atoms with E-state index in [-0.39, 0.29) is 0 Å². The van der Waals surface area contributed by atoms with Crippen LogP contribution in [0.15, 0.2) is 22.0 Å². The molecule has 0 fully saturated rings. The van der Waals surface area contributed by atoms with Gasteiger partial charge in [-0.05, 0) is 6.92 Å². The van der Waals surface area contributed by atoms with Gasteiger partial charge in [-0.2, -0.15) is 5.10 Å². The molecule has 0 radical (unpaired) electrons. The fourth-order valence-corrected chi connectivity index (χ4v) is 1.47. The molecule has 15 heavy (non-hydrogen) atoms. The van der Waals surface area contributed by atoms with Crippen LogP contribution in [0.25, 0.3) is 11.1 Å². The number of nitrogens with one attached hydrogen (secondary N) is 2. The number of H-pyrrole nitrogens is 2. The van der Waals surface area contributed by atoms with E-state index in [0.29, 0.717) is 5.56 Å². The highest BCUT2D eigenvalue weighted by Crippen LogP contribution is 2.16. The Labute approximate surface area is 84.6 Å². The maximum Gasteiger partial charge on any atom is 0.325 e. The average molecular weight is 206 g/mol. The van der Waals surface area contributed by atoms with Crippen LogP contribution in [0.2, 0.25) is 0 Å². The summed E-state index contributed by atoms with van der Waals surface area (Å²) in [6.45, 7) is 1.81. The first kappa shape index (κ1) is 9.45. The molecule has 0 aliphatic heterocycles. The summed E-state index contributed by atoms with van der Waals surface area (Å²) in [6.07, 6.45) is 3.13. The number of nitrogens with zero attached hydrogens (tertiary/aromatic N) is 2. The van der Waals surface area contributed by atoms with E-state index < -0.39 is 11.2 Å². The molecule has 0 aliphatic carbocycles. The van der Waals surface area contributed by atoms with Crippen molar-refractivity contribution in [1.29, 1.82) is 0 Å². The van der Waals surface area contributed by atoms with Crippen molar-refractivity contribution in [2.75, 3.05) is 0 Å². The molecule has 6 nitrogen and oxygen atoms in total. The molecule has 0 aliphatic rings. The molecule has 6 heteroatoms. The quantitative estimate of drug-likeness (QED) is 0.676. The molecule has 2 N–H and O–H groups in total. The molecule has 0 bridgehead atoms. The second-order valence-electron chi connectivity index (χ2n) is 3.29. The minimum atomic E-state index is -0.509. The molecule has 78 valence electrons. The Bertz CT molecular complexity index is 605. The summed E-state index contributed by atoms with van der Waals surface area (Å²) in [5, 5.41) is 4.12. The van der Waals surface area contributed by atoms with Crippen LogP contribution < -0.4 is 11.2 Å². The zero-order chi connectivity index (χ0) is 11.0. The van der Waals surface area contributed by atoms with Crippen LogP contribution in [0.5, 0.6) is 0 Å². The summed E-state index contributed by atoms with van der Waals surface area (Å²) in [6, 6.07) is 0. The minimum absolute atomic E-state index is 0.408. The predicted octanol–water partition coefficient (Wildman–Crippen LogP) is -0.228. The number of hydrogen-bond acceptors (Lipinski definition) is 3. The molecule has 2 aromatic heterocycles. The molecule has 0 unspecified atom stereocenters. The molecule has 2 aromatic rings. The number of hydrogen-bond donors (Lipinski definition) is 2. The SMILES string of the molecule is Cc1nn(C)cc1-c1c[nH]c(=O)[nH]c1=O. The lowest BCUT2D eigenvalue weighted by Crippen LogP contribution is -2.22. The maximum atomic E-state index is 11.5. The molecular formula is C9H10N4O2. The third-order valence-corrected chi connectivity index (χ3v) is 2.12. The Kier molecular flexibility index (Phi) is 2.03. The van der Waals surface area contributed by atoms with E-state index in [9.17, 15) is 9.59 Å². The van der Waals surface area contributed by atoms with E-state index in [0.717, 1.165) is 11.3 Å². The van der Waals surface area contributed by atoms with Gasteiger partial charge >= 0.3 is 5.69 Å². The van der Waals surface area contributed by atoms with Crippen LogP contribution in [0.3, 0.4) is 0 Å². The molecule has 0 amide bonds. The first-order chi connectivity index (χ1) is 7.08. The first-order valence-electron chi connectivity index (χ1n) is 4.40. The van der Waals surface area contributed by atoms with E-state index in [1.54, 1.807) is 24.9 Å². The summed E-state index contributed by atoms with van der Waals surface area (Å²) in [7, 11) is 1.77. The van der Waals surface area contributed by atoms with Crippen LogP contribution in [-0.2, 0) is 7.05 Å². The zero-order valence-corrected chi connectivity index (χ0v) is 8.37. The standard InChI is InChI=1S/C9H10N4O2/c1-5-7(4-13(2)12-5)6-3-10-9(15)11-8(6)14/h3-4H,1-2H3,(H2,10,11,14,15). The van der Waals surface area contributed by atoms with Crippen LogP contribution in [0.4, 0.5) is 0 Å². The van der Waals surface area contributed by atoms with E-state index in [1.807, 2.05) is 0 Å². The van der Waals surface area contributed by atoms with Gasteiger partial charge in [0.15, 0.2) is 0 Å². The van der Waals surface area contributed by atoms with Crippen molar-refractivity contribution in [1.82, 2.24) is 19.7 Å². The first-order valence-corrected chi connectivity index (χ1v) is 4.40. The van der Waals surface area contributed by atoms with Crippen molar-refractivity contribution in [2.45, 2.75) is 6.92 Å². The second kappa shape index (κ2) is 3.23. The average Bonchev–Trinajstić information content (AvgIpc) is 2.45. The number of rotatable bonds is 1. The van der Waals surface area contributed by atoms with Gasteiger partial charge in [-0.3, -0.25) is 14.5 Å². The third kappa shape index (κ3) is 1.61. The molecule has 0 spiro atoms. The van der Waals surface area contributed by atoms with Crippen LogP contribution in [0.1, 0.15) is 5.69 Å². The van der Waals surface area contributed by atoms with E-state index in [4.69, 9.17) is 0 Å². The monoisotopic (exact) mass is 206 g/mol. The van der Waals surface area contributed by atoms with Gasteiger partial charge in [0, 0.05) is 25.0 Å². The molecule has 0 aromatic carbocycles. The van der Waals surface area contributed by atoms with Gasteiger partial charge in [-0.1, -0.05) is 0 Å². The number of aromatic amines is 2. The van der Waals surface area contributed by atoms with Crippen molar-refractivity contribution in [2.24, 2.45) is 7.05 Å². The summed E-state index contributed by atoms with van der Waals surface area (Å²) >= 11 is 0. The Hall–Kier alpha value is -2.11. The van der Waals surface area contributed by atoms with Gasteiger partial charge in [0.2, 0.25) is 0 Å². The lowest BCUT2D eigenvalue weighted by Gasteiger charge is -1.95. The second-order valence-corrected chi connectivity index (χ2v) is 3.29. The highest BCUT2D eigenvalue weighted by molar-refractivity contribution is 5.62. The van der Waals surface area contributed by atoms with Gasteiger partial charge in [-0.25, -0.2) is 4.79 Å². The van der Waals surface area contributed by atoms with Crippen molar-refractivity contribution in [3.8, 4) is 11.1 Å². The lowest BCUT2D eigenvalue weighted by molar-refractivity contribution is 0.756. The molecule has 2 heterocycles. The fourth-order valence-electron chi connectivity index (χ4n) is 1.47. The largest absolute Gasteiger partial charge is 0.325 e. The van der Waals surface area contributed by atoms with Crippen LogP contribution >= 0.6 is 0 Å². The van der Waals surface area contributed by atoms with E-state index in [1.165, 1.54) is 6.20 Å². The summed E-state index contributed by atoms with van der Waals surface area (Å²) < 4.78 is 1.62. The summed E-state index contributed by atoms with van der Waals surface area (Å²) in [5.74, 6) is 0. The Balaban J connectivity index is 2.69. The van der Waals surface area contributed by atoms with E-state index >= 15 is 0 Å². The van der Waals surface area contributed by atoms with Gasteiger partial charge in [-0.15, -0.1) is 0 Å². The topological polar surface area (TPSA) is 83.5 Å². The van der Waals surface area contributed by atoms with E-state index in [2.05, 4.69) is 15.1 Å². The Morgan fingerprint density at radius 3 is 2.60 bits per heavy atom. The summed E-state index contributed by atoms with van der Waals surface area (Å²) in [5.41, 5.74) is 0.963. The van der Waals surface area contributed by atoms with Crippen LogP contribution in [0, 0.1) is 6.92 Å². The zero-order valence-electron chi connectivity index (χ0n) is 8.37. The normalized spacial score (nSPS) is 10.5. The molecule has 0 saturated carbocycles. The molecule has 0 saturated heterocycles. The lowest BCUT2D eigenvalue weighted by atomic mass is 10.1. The van der Waals surface area contributed by atoms with Crippen molar-refractivity contribution < 1.29 is 0 Å². The fraction of sp³-hybridized carbons (Fsp3) is 0.222. The molecule has 0 atom stereocenters. The van der Waals surface area contributed by atoms with Crippen molar-refractivity contribution in [3.63, 3.8) is 0 Å². The smallest absolute Gasteiger partial charge is 0.313 e. The molecule has 2 rings (SSSR count).